The molecule has 84 valence electrons. The molecule has 0 saturated heterocycles. The Balaban J connectivity index is 2.59. The second-order valence-electron chi connectivity index (χ2n) is 3.81. The number of hydrogen-bond acceptors (Lipinski definition) is 2. The maximum atomic E-state index is 5.95. The van der Waals surface area contributed by atoms with Crippen molar-refractivity contribution in [3.05, 3.63) is 40.7 Å². The van der Waals surface area contributed by atoms with Crippen LogP contribution in [0, 0.1) is 6.92 Å². The molecule has 2 N–H and O–H groups in total. The topological polar surface area (TPSA) is 43.8 Å². The van der Waals surface area contributed by atoms with E-state index in [1.165, 1.54) is 0 Å². The van der Waals surface area contributed by atoms with Crippen molar-refractivity contribution in [2.45, 2.75) is 13.5 Å². The van der Waals surface area contributed by atoms with Crippen molar-refractivity contribution in [1.29, 1.82) is 0 Å². The molecule has 0 saturated carbocycles. The van der Waals surface area contributed by atoms with Gasteiger partial charge in [-0.2, -0.15) is 5.10 Å². The Kier molecular flexibility index (Phi) is 2.99. The molecular formula is C12H14ClN3. The molecule has 4 heteroatoms. The van der Waals surface area contributed by atoms with Gasteiger partial charge in [-0.3, -0.25) is 4.68 Å². The van der Waals surface area contributed by atoms with Crippen LogP contribution < -0.4 is 5.73 Å². The molecule has 2 aromatic rings. The lowest BCUT2D eigenvalue weighted by molar-refractivity contribution is 0.756. The molecule has 2 rings (SSSR count). The van der Waals surface area contributed by atoms with E-state index >= 15 is 0 Å². The fourth-order valence-corrected chi connectivity index (χ4v) is 2.05. The number of aryl methyl sites for hydroxylation is 2. The molecule has 3 nitrogen and oxygen atoms in total. The van der Waals surface area contributed by atoms with Crippen molar-refractivity contribution < 1.29 is 0 Å². The van der Waals surface area contributed by atoms with Gasteiger partial charge in [0.15, 0.2) is 0 Å². The molecule has 0 aliphatic heterocycles. The zero-order chi connectivity index (χ0) is 11.7. The van der Waals surface area contributed by atoms with Crippen LogP contribution in [0.4, 0.5) is 0 Å². The largest absolute Gasteiger partial charge is 0.326 e. The highest BCUT2D eigenvalue weighted by atomic mass is 35.5. The average molecular weight is 236 g/mol. The summed E-state index contributed by atoms with van der Waals surface area (Å²) >= 11 is 5.95. The van der Waals surface area contributed by atoms with E-state index in [4.69, 9.17) is 17.3 Å². The highest BCUT2D eigenvalue weighted by Crippen LogP contribution is 2.28. The summed E-state index contributed by atoms with van der Waals surface area (Å²) in [5, 5.41) is 5.04. The van der Waals surface area contributed by atoms with Gasteiger partial charge in [0.2, 0.25) is 0 Å². The van der Waals surface area contributed by atoms with Crippen LogP contribution >= 0.6 is 11.6 Å². The van der Waals surface area contributed by atoms with Crippen LogP contribution in [0.5, 0.6) is 0 Å². The Morgan fingerprint density at radius 1 is 1.38 bits per heavy atom. The SMILES string of the molecule is Cc1nn(C)cc1-c1ccc(Cl)cc1CN. The first kappa shape index (κ1) is 11.2. The van der Waals surface area contributed by atoms with Crippen LogP contribution in [0.3, 0.4) is 0 Å². The Labute approximate surface area is 99.8 Å². The van der Waals surface area contributed by atoms with Gasteiger partial charge in [0.25, 0.3) is 0 Å². The standard InChI is InChI=1S/C12H14ClN3/c1-8-12(7-16(2)15-8)11-4-3-10(13)5-9(11)6-14/h3-5,7H,6,14H2,1-2H3. The minimum Gasteiger partial charge on any atom is -0.326 e. The first-order valence-electron chi connectivity index (χ1n) is 5.11. The minimum atomic E-state index is 0.476. The second kappa shape index (κ2) is 4.28. The molecule has 0 aliphatic rings. The van der Waals surface area contributed by atoms with Crippen LogP contribution in [-0.4, -0.2) is 9.78 Å². The van der Waals surface area contributed by atoms with E-state index in [0.717, 1.165) is 22.4 Å². The molecule has 0 radical (unpaired) electrons. The summed E-state index contributed by atoms with van der Waals surface area (Å²) in [6.07, 6.45) is 2.00. The van der Waals surface area contributed by atoms with E-state index in [9.17, 15) is 0 Å². The van der Waals surface area contributed by atoms with Gasteiger partial charge in [-0.25, -0.2) is 0 Å². The smallest absolute Gasteiger partial charge is 0.0672 e. The van der Waals surface area contributed by atoms with Gasteiger partial charge in [-0.15, -0.1) is 0 Å². The highest BCUT2D eigenvalue weighted by molar-refractivity contribution is 6.30. The molecular weight excluding hydrogens is 222 g/mol. The molecule has 16 heavy (non-hydrogen) atoms. The van der Waals surface area contributed by atoms with Gasteiger partial charge < -0.3 is 5.73 Å². The summed E-state index contributed by atoms with van der Waals surface area (Å²) < 4.78 is 1.81. The molecule has 0 aliphatic carbocycles. The number of nitrogens with two attached hydrogens (primary N) is 1. The van der Waals surface area contributed by atoms with E-state index in [0.29, 0.717) is 11.6 Å². The van der Waals surface area contributed by atoms with Gasteiger partial charge >= 0.3 is 0 Å². The summed E-state index contributed by atoms with van der Waals surface area (Å²) in [6.45, 7) is 2.47. The highest BCUT2D eigenvalue weighted by Gasteiger charge is 2.10. The van der Waals surface area contributed by atoms with Crippen molar-refractivity contribution in [2.75, 3.05) is 0 Å². The van der Waals surface area contributed by atoms with Gasteiger partial charge in [0.05, 0.1) is 5.69 Å². The molecule has 1 aromatic carbocycles. The zero-order valence-corrected chi connectivity index (χ0v) is 10.1. The van der Waals surface area contributed by atoms with E-state index < -0.39 is 0 Å². The molecule has 1 aromatic heterocycles. The Bertz CT molecular complexity index is 517. The number of aromatic nitrogens is 2. The molecule has 0 bridgehead atoms. The first-order chi connectivity index (χ1) is 7.61. The average Bonchev–Trinajstić information content (AvgIpc) is 2.57. The van der Waals surface area contributed by atoms with Gasteiger partial charge in [-0.05, 0) is 30.2 Å². The Morgan fingerprint density at radius 3 is 2.69 bits per heavy atom. The first-order valence-corrected chi connectivity index (χ1v) is 5.48. The fourth-order valence-electron chi connectivity index (χ4n) is 1.86. The minimum absolute atomic E-state index is 0.476. The number of halogens is 1. The summed E-state index contributed by atoms with van der Waals surface area (Å²) in [5.41, 5.74) is 9.99. The van der Waals surface area contributed by atoms with E-state index in [2.05, 4.69) is 5.10 Å². The summed E-state index contributed by atoms with van der Waals surface area (Å²) in [5.74, 6) is 0. The Hall–Kier alpha value is -1.32. The fraction of sp³-hybridized carbons (Fsp3) is 0.250. The van der Waals surface area contributed by atoms with E-state index in [1.807, 2.05) is 38.4 Å². The van der Waals surface area contributed by atoms with Crippen LogP contribution in [0.25, 0.3) is 11.1 Å². The lowest BCUT2D eigenvalue weighted by Gasteiger charge is -2.07. The van der Waals surface area contributed by atoms with Gasteiger partial charge in [0, 0.05) is 30.4 Å². The normalized spacial score (nSPS) is 10.8. The van der Waals surface area contributed by atoms with Crippen LogP contribution in [0.1, 0.15) is 11.3 Å². The van der Waals surface area contributed by atoms with E-state index in [1.54, 1.807) is 4.68 Å². The number of nitrogens with zero attached hydrogens (tertiary/aromatic N) is 2. The van der Waals surface area contributed by atoms with Crippen LogP contribution in [0.15, 0.2) is 24.4 Å². The lowest BCUT2D eigenvalue weighted by atomic mass is 10.0. The van der Waals surface area contributed by atoms with Crippen LogP contribution in [0.2, 0.25) is 5.02 Å². The van der Waals surface area contributed by atoms with Crippen molar-refractivity contribution >= 4 is 11.6 Å². The second-order valence-corrected chi connectivity index (χ2v) is 4.24. The number of benzene rings is 1. The van der Waals surface area contributed by atoms with Crippen molar-refractivity contribution in [3.63, 3.8) is 0 Å². The van der Waals surface area contributed by atoms with Crippen molar-refractivity contribution in [3.8, 4) is 11.1 Å². The Morgan fingerprint density at radius 2 is 2.12 bits per heavy atom. The number of hydrogen-bond donors (Lipinski definition) is 1. The predicted molar refractivity (Wildman–Crippen MR) is 66.3 cm³/mol. The van der Waals surface area contributed by atoms with Gasteiger partial charge in [-0.1, -0.05) is 17.7 Å². The van der Waals surface area contributed by atoms with Crippen LogP contribution in [-0.2, 0) is 13.6 Å². The third-order valence-electron chi connectivity index (χ3n) is 2.59. The number of rotatable bonds is 2. The summed E-state index contributed by atoms with van der Waals surface area (Å²) in [4.78, 5) is 0. The molecule has 0 spiro atoms. The maximum absolute atomic E-state index is 5.95. The van der Waals surface area contributed by atoms with Gasteiger partial charge in [0.1, 0.15) is 0 Å². The summed E-state index contributed by atoms with van der Waals surface area (Å²) in [7, 11) is 1.91. The molecule has 0 unspecified atom stereocenters. The molecule has 0 amide bonds. The lowest BCUT2D eigenvalue weighted by Crippen LogP contribution is -1.99. The quantitative estimate of drug-likeness (QED) is 0.869. The molecule has 0 atom stereocenters. The molecule has 0 fully saturated rings. The van der Waals surface area contributed by atoms with Crippen molar-refractivity contribution in [2.24, 2.45) is 12.8 Å². The third kappa shape index (κ3) is 1.96. The zero-order valence-electron chi connectivity index (χ0n) is 9.37. The predicted octanol–water partition coefficient (Wildman–Crippen LogP) is 2.51. The van der Waals surface area contributed by atoms with E-state index in [-0.39, 0.29) is 0 Å². The maximum Gasteiger partial charge on any atom is 0.0672 e. The van der Waals surface area contributed by atoms with Crippen molar-refractivity contribution in [1.82, 2.24) is 9.78 Å². The molecule has 1 heterocycles. The third-order valence-corrected chi connectivity index (χ3v) is 2.83. The monoisotopic (exact) mass is 235 g/mol. The summed E-state index contributed by atoms with van der Waals surface area (Å²) in [6, 6.07) is 5.78.